The molecule has 0 aliphatic carbocycles. The topological polar surface area (TPSA) is 74.2 Å². The zero-order valence-corrected chi connectivity index (χ0v) is 11.3. The molecule has 1 aromatic heterocycles. The number of ether oxygens (including phenoxy) is 1. The maximum Gasteiger partial charge on any atom is 0.179 e. The average Bonchev–Trinajstić information content (AvgIpc) is 2.86. The molecule has 0 spiro atoms. The monoisotopic (exact) mass is 353 g/mol. The zero-order valence-electron chi connectivity index (χ0n) is 9.13. The Hall–Kier alpha value is -1.83. The van der Waals surface area contributed by atoms with Crippen molar-refractivity contribution in [1.29, 1.82) is 0 Å². The molecule has 0 fully saturated rings. The van der Waals surface area contributed by atoms with Gasteiger partial charge < -0.3 is 10.5 Å². The Kier molecular flexibility index (Phi) is 2.78. The van der Waals surface area contributed by atoms with Gasteiger partial charge in [-0.15, -0.1) is 0 Å². The average molecular weight is 353 g/mol. The molecule has 0 unspecified atom stereocenters. The fraction of sp³-hybridized carbons (Fsp3) is 0. The summed E-state index contributed by atoms with van der Waals surface area (Å²) in [5.41, 5.74) is 7.31. The van der Waals surface area contributed by atoms with Gasteiger partial charge in [0.15, 0.2) is 16.8 Å². The molecule has 0 saturated carbocycles. The highest BCUT2D eigenvalue weighted by atomic mass is 127. The third-order valence-electron chi connectivity index (χ3n) is 2.45. The van der Waals surface area contributed by atoms with Gasteiger partial charge in [0.05, 0.1) is 5.69 Å². The summed E-state index contributed by atoms with van der Waals surface area (Å²) in [6.45, 7) is 0. The van der Waals surface area contributed by atoms with E-state index in [4.69, 9.17) is 10.5 Å². The Morgan fingerprint density at radius 3 is 2.50 bits per heavy atom. The molecule has 0 bridgehead atoms. The maximum absolute atomic E-state index is 5.76. The van der Waals surface area contributed by atoms with E-state index < -0.39 is 0 Å². The number of nitrogens with zero attached hydrogens (tertiary/aromatic N) is 2. The van der Waals surface area contributed by atoms with Crippen LogP contribution in [0.25, 0.3) is 11.0 Å². The highest BCUT2D eigenvalue weighted by molar-refractivity contribution is 14.1. The number of benzene rings is 2. The molecule has 2 aromatic carbocycles. The van der Waals surface area contributed by atoms with Crippen LogP contribution in [0.3, 0.4) is 0 Å². The predicted octanol–water partition coefficient (Wildman–Crippen LogP) is 3.20. The molecule has 90 valence electrons. The minimum absolute atomic E-state index is 0.512. The van der Waals surface area contributed by atoms with Crippen LogP contribution in [0.2, 0.25) is 0 Å². The Balaban J connectivity index is 2.02. The molecule has 3 aromatic rings. The molecule has 1 heterocycles. The van der Waals surface area contributed by atoms with Crippen molar-refractivity contribution in [3.63, 3.8) is 0 Å². The summed E-state index contributed by atoms with van der Waals surface area (Å²) in [6.07, 6.45) is 0. The number of aromatic nitrogens is 2. The minimum atomic E-state index is 0.512. The van der Waals surface area contributed by atoms with E-state index in [2.05, 4.69) is 37.5 Å². The van der Waals surface area contributed by atoms with E-state index in [1.165, 1.54) is 0 Å². The van der Waals surface area contributed by atoms with Crippen LogP contribution >= 0.6 is 22.6 Å². The van der Waals surface area contributed by atoms with Crippen LogP contribution in [0, 0.1) is 3.57 Å². The Morgan fingerprint density at radius 1 is 1.00 bits per heavy atom. The van der Waals surface area contributed by atoms with Gasteiger partial charge in [0.25, 0.3) is 0 Å². The number of nitrogen functional groups attached to an aromatic ring is 1. The first-order chi connectivity index (χ1) is 8.74. The van der Waals surface area contributed by atoms with Gasteiger partial charge >= 0.3 is 0 Å². The molecule has 0 saturated heterocycles. The van der Waals surface area contributed by atoms with E-state index in [1.807, 2.05) is 24.3 Å². The number of halogens is 1. The molecule has 3 rings (SSSR count). The van der Waals surface area contributed by atoms with E-state index in [0.29, 0.717) is 22.5 Å². The van der Waals surface area contributed by atoms with Crippen molar-refractivity contribution in [2.75, 3.05) is 5.73 Å². The molecule has 0 aliphatic rings. The number of fused-ring (bicyclic) bond motifs is 1. The summed E-state index contributed by atoms with van der Waals surface area (Å²) in [5, 5.41) is 7.54. The number of hydrogen-bond donors (Lipinski definition) is 1. The van der Waals surface area contributed by atoms with E-state index in [1.54, 1.807) is 12.1 Å². The van der Waals surface area contributed by atoms with Crippen LogP contribution < -0.4 is 10.5 Å². The lowest BCUT2D eigenvalue weighted by Crippen LogP contribution is -1.90. The number of hydrogen-bond acceptors (Lipinski definition) is 5. The molecule has 5 nitrogen and oxygen atoms in total. The van der Waals surface area contributed by atoms with E-state index in [-0.39, 0.29) is 0 Å². The second-order valence-electron chi connectivity index (χ2n) is 3.67. The van der Waals surface area contributed by atoms with Crippen molar-refractivity contribution in [3.8, 4) is 11.5 Å². The highest BCUT2D eigenvalue weighted by Crippen LogP contribution is 2.31. The molecule has 0 aliphatic heterocycles. The van der Waals surface area contributed by atoms with Crippen LogP contribution in [-0.4, -0.2) is 10.3 Å². The molecular weight excluding hydrogens is 345 g/mol. The highest BCUT2D eigenvalue weighted by Gasteiger charge is 2.11. The standard InChI is InChI=1S/C12H8IN3O2/c13-7-1-3-8(4-2-7)17-10-6-5-9(14)11-12(10)16-18-15-11/h1-6H,14H2. The SMILES string of the molecule is Nc1ccc(Oc2ccc(I)cc2)c2nonc12. The van der Waals surface area contributed by atoms with E-state index in [0.717, 1.165) is 9.32 Å². The Labute approximate surface area is 116 Å². The molecule has 0 amide bonds. The van der Waals surface area contributed by atoms with Crippen molar-refractivity contribution in [2.45, 2.75) is 0 Å². The van der Waals surface area contributed by atoms with Crippen LogP contribution in [0.1, 0.15) is 0 Å². The van der Waals surface area contributed by atoms with Crippen LogP contribution in [0.4, 0.5) is 5.69 Å². The molecule has 2 N–H and O–H groups in total. The van der Waals surface area contributed by atoms with Gasteiger partial charge in [-0.1, -0.05) is 0 Å². The molecule has 18 heavy (non-hydrogen) atoms. The van der Waals surface area contributed by atoms with Crippen molar-refractivity contribution < 1.29 is 9.37 Å². The number of nitrogens with two attached hydrogens (primary N) is 1. The van der Waals surface area contributed by atoms with Gasteiger partial charge in [0.2, 0.25) is 0 Å². The first-order valence-corrected chi connectivity index (χ1v) is 6.26. The second kappa shape index (κ2) is 4.45. The summed E-state index contributed by atoms with van der Waals surface area (Å²) in [5.74, 6) is 1.30. The van der Waals surface area contributed by atoms with Gasteiger partial charge in [-0.2, -0.15) is 0 Å². The lowest BCUT2D eigenvalue weighted by atomic mass is 10.2. The van der Waals surface area contributed by atoms with Crippen LogP contribution in [0.15, 0.2) is 41.0 Å². The molecule has 0 radical (unpaired) electrons. The molecule has 0 atom stereocenters. The predicted molar refractivity (Wildman–Crippen MR) is 75.4 cm³/mol. The summed E-state index contributed by atoms with van der Waals surface area (Å²) in [7, 11) is 0. The van der Waals surface area contributed by atoms with Gasteiger partial charge in [-0.05, 0) is 69.3 Å². The molecule has 6 heteroatoms. The van der Waals surface area contributed by atoms with Gasteiger partial charge in [-0.25, -0.2) is 4.63 Å². The van der Waals surface area contributed by atoms with Crippen molar-refractivity contribution >= 4 is 39.3 Å². The quantitative estimate of drug-likeness (QED) is 0.566. The van der Waals surface area contributed by atoms with Gasteiger partial charge in [0.1, 0.15) is 5.75 Å². The van der Waals surface area contributed by atoms with E-state index >= 15 is 0 Å². The van der Waals surface area contributed by atoms with Crippen LogP contribution in [-0.2, 0) is 0 Å². The van der Waals surface area contributed by atoms with E-state index in [9.17, 15) is 0 Å². The fourth-order valence-corrected chi connectivity index (χ4v) is 1.93. The van der Waals surface area contributed by atoms with Gasteiger partial charge in [0, 0.05) is 3.57 Å². The molecular formula is C12H8IN3O2. The fourth-order valence-electron chi connectivity index (χ4n) is 1.57. The first-order valence-electron chi connectivity index (χ1n) is 5.18. The summed E-state index contributed by atoms with van der Waals surface area (Å²) >= 11 is 2.24. The zero-order chi connectivity index (χ0) is 12.5. The third kappa shape index (κ3) is 1.99. The smallest absolute Gasteiger partial charge is 0.179 e. The third-order valence-corrected chi connectivity index (χ3v) is 3.17. The lowest BCUT2D eigenvalue weighted by molar-refractivity contribution is 0.314. The normalized spacial score (nSPS) is 10.7. The largest absolute Gasteiger partial charge is 0.455 e. The van der Waals surface area contributed by atoms with Crippen molar-refractivity contribution in [2.24, 2.45) is 0 Å². The maximum atomic E-state index is 5.76. The summed E-state index contributed by atoms with van der Waals surface area (Å²) < 4.78 is 11.6. The Bertz CT molecular complexity index is 694. The van der Waals surface area contributed by atoms with Crippen molar-refractivity contribution in [1.82, 2.24) is 10.3 Å². The number of rotatable bonds is 2. The first kappa shape index (κ1) is 11.3. The second-order valence-corrected chi connectivity index (χ2v) is 4.92. The Morgan fingerprint density at radius 2 is 1.72 bits per heavy atom. The lowest BCUT2D eigenvalue weighted by Gasteiger charge is -2.06. The van der Waals surface area contributed by atoms with Gasteiger partial charge in [-0.3, -0.25) is 0 Å². The summed E-state index contributed by atoms with van der Waals surface area (Å²) in [4.78, 5) is 0. The minimum Gasteiger partial charge on any atom is -0.455 e. The summed E-state index contributed by atoms with van der Waals surface area (Å²) in [6, 6.07) is 11.2. The van der Waals surface area contributed by atoms with Crippen LogP contribution in [0.5, 0.6) is 11.5 Å². The number of anilines is 1. The van der Waals surface area contributed by atoms with Crippen molar-refractivity contribution in [3.05, 3.63) is 40.0 Å².